The minimum Gasteiger partial charge on any atom is -0.383 e. The summed E-state index contributed by atoms with van der Waals surface area (Å²) >= 11 is 1.40. The number of methoxy groups -OCH3 is 1. The Labute approximate surface area is 123 Å². The first kappa shape index (κ1) is 14.6. The van der Waals surface area contributed by atoms with Crippen molar-refractivity contribution in [1.82, 2.24) is 14.3 Å². The highest BCUT2D eigenvalue weighted by Gasteiger charge is 2.01. The first-order valence-corrected chi connectivity index (χ1v) is 7.11. The van der Waals surface area contributed by atoms with E-state index in [4.69, 9.17) is 4.74 Å². The largest absolute Gasteiger partial charge is 0.383 e. The minimum absolute atomic E-state index is 0.691. The smallest absolute Gasteiger partial charge is 0.139 e. The van der Waals surface area contributed by atoms with Crippen LogP contribution in [0.1, 0.15) is 16.4 Å². The van der Waals surface area contributed by atoms with Crippen LogP contribution < -0.4 is 4.90 Å². The van der Waals surface area contributed by atoms with Crippen LogP contribution >= 0.6 is 11.5 Å². The fourth-order valence-electron chi connectivity index (χ4n) is 1.61. The van der Waals surface area contributed by atoms with E-state index in [1.807, 2.05) is 44.5 Å². The van der Waals surface area contributed by atoms with Crippen LogP contribution in [-0.4, -0.2) is 41.7 Å². The van der Waals surface area contributed by atoms with Gasteiger partial charge in [0.15, 0.2) is 0 Å². The molecule has 20 heavy (non-hydrogen) atoms. The highest BCUT2D eigenvalue weighted by molar-refractivity contribution is 7.06. The van der Waals surface area contributed by atoms with E-state index in [0.717, 1.165) is 28.8 Å². The van der Waals surface area contributed by atoms with Crippen molar-refractivity contribution < 1.29 is 4.74 Å². The minimum atomic E-state index is 0.691. The molecule has 0 aliphatic carbocycles. The molecule has 0 aliphatic heterocycles. The molecule has 0 N–H and O–H groups in total. The summed E-state index contributed by atoms with van der Waals surface area (Å²) in [6.45, 7) is 3.40. The third-order valence-electron chi connectivity index (χ3n) is 2.75. The van der Waals surface area contributed by atoms with Gasteiger partial charge >= 0.3 is 0 Å². The molecule has 0 bridgehead atoms. The molecule has 2 heterocycles. The number of likely N-dealkylation sites (N-methyl/N-ethyl adjacent to an activating group) is 1. The number of aromatic nitrogens is 3. The van der Waals surface area contributed by atoms with E-state index in [1.54, 1.807) is 7.11 Å². The zero-order valence-electron chi connectivity index (χ0n) is 11.9. The number of hydrogen-bond donors (Lipinski definition) is 0. The molecule has 0 amide bonds. The van der Waals surface area contributed by atoms with E-state index in [-0.39, 0.29) is 0 Å². The number of rotatable bonds is 6. The summed E-state index contributed by atoms with van der Waals surface area (Å²) in [4.78, 5) is 10.8. The number of aryl methyl sites for hydroxylation is 1. The molecule has 5 nitrogen and oxygen atoms in total. The maximum Gasteiger partial charge on any atom is 0.139 e. The molecule has 0 aromatic carbocycles. The van der Waals surface area contributed by atoms with Gasteiger partial charge in [0.25, 0.3) is 0 Å². The molecule has 0 fully saturated rings. The predicted octanol–water partition coefficient (Wildman–Crippen LogP) is 2.49. The molecular formula is C14H18N4OS. The standard InChI is InChI=1S/C14H18N4OS/c1-11-16-14(20-17-11)7-5-12-4-6-13(15-10-12)18(2)8-9-19-3/h4-7,10H,8-9H2,1-3H3. The van der Waals surface area contributed by atoms with Crippen molar-refractivity contribution >= 4 is 29.5 Å². The molecule has 0 saturated carbocycles. The van der Waals surface area contributed by atoms with E-state index in [0.29, 0.717) is 6.61 Å². The van der Waals surface area contributed by atoms with Crippen molar-refractivity contribution in [3.05, 3.63) is 34.7 Å². The predicted molar refractivity (Wildman–Crippen MR) is 83.0 cm³/mol. The second kappa shape index (κ2) is 7.12. The van der Waals surface area contributed by atoms with Crippen molar-refractivity contribution in [1.29, 1.82) is 0 Å². The third-order valence-corrected chi connectivity index (χ3v) is 3.52. The van der Waals surface area contributed by atoms with Crippen molar-refractivity contribution in [2.45, 2.75) is 6.92 Å². The van der Waals surface area contributed by atoms with Gasteiger partial charge in [-0.25, -0.2) is 9.97 Å². The van der Waals surface area contributed by atoms with Gasteiger partial charge in [0.1, 0.15) is 16.6 Å². The molecular weight excluding hydrogens is 272 g/mol. The van der Waals surface area contributed by atoms with Crippen LogP contribution in [0.3, 0.4) is 0 Å². The van der Waals surface area contributed by atoms with Crippen LogP contribution in [-0.2, 0) is 4.74 Å². The molecule has 106 valence electrons. The Balaban J connectivity index is 1.99. The summed E-state index contributed by atoms with van der Waals surface area (Å²) in [5, 5.41) is 0.906. The average molecular weight is 290 g/mol. The number of pyridine rings is 1. The lowest BCUT2D eigenvalue weighted by Crippen LogP contribution is -2.22. The molecule has 0 radical (unpaired) electrons. The van der Waals surface area contributed by atoms with Crippen LogP contribution in [0.5, 0.6) is 0 Å². The Hall–Kier alpha value is -1.79. The highest BCUT2D eigenvalue weighted by Crippen LogP contribution is 2.13. The van der Waals surface area contributed by atoms with Crippen molar-refractivity contribution in [3.63, 3.8) is 0 Å². The normalized spacial score (nSPS) is 11.2. The molecule has 2 rings (SSSR count). The molecule has 6 heteroatoms. The third kappa shape index (κ3) is 4.11. The van der Waals surface area contributed by atoms with Gasteiger partial charge < -0.3 is 9.64 Å². The lowest BCUT2D eigenvalue weighted by molar-refractivity contribution is 0.206. The van der Waals surface area contributed by atoms with Crippen molar-refractivity contribution in [2.24, 2.45) is 0 Å². The first-order valence-electron chi connectivity index (χ1n) is 6.33. The lowest BCUT2D eigenvalue weighted by Gasteiger charge is -2.17. The molecule has 0 atom stereocenters. The fourth-order valence-corrected chi connectivity index (χ4v) is 2.18. The molecule has 0 aliphatic rings. The average Bonchev–Trinajstić information content (AvgIpc) is 2.89. The fraction of sp³-hybridized carbons (Fsp3) is 0.357. The zero-order valence-corrected chi connectivity index (χ0v) is 12.7. The van der Waals surface area contributed by atoms with Gasteiger partial charge in [0, 0.05) is 26.9 Å². The topological polar surface area (TPSA) is 51.1 Å². The van der Waals surface area contributed by atoms with Crippen LogP contribution in [0.15, 0.2) is 18.3 Å². The molecule has 0 saturated heterocycles. The van der Waals surface area contributed by atoms with Gasteiger partial charge in [-0.2, -0.15) is 4.37 Å². The van der Waals surface area contributed by atoms with Crippen molar-refractivity contribution in [2.75, 3.05) is 32.2 Å². The van der Waals surface area contributed by atoms with Gasteiger partial charge in [-0.3, -0.25) is 0 Å². The van der Waals surface area contributed by atoms with Crippen LogP contribution in [0.4, 0.5) is 5.82 Å². The van der Waals surface area contributed by atoms with E-state index < -0.39 is 0 Å². The first-order chi connectivity index (χ1) is 9.69. The van der Waals surface area contributed by atoms with Gasteiger partial charge in [-0.1, -0.05) is 6.08 Å². The molecule has 2 aromatic heterocycles. The number of anilines is 1. The Morgan fingerprint density at radius 3 is 2.80 bits per heavy atom. The number of hydrogen-bond acceptors (Lipinski definition) is 6. The number of nitrogens with zero attached hydrogens (tertiary/aromatic N) is 4. The Morgan fingerprint density at radius 2 is 2.20 bits per heavy atom. The van der Waals surface area contributed by atoms with Crippen LogP contribution in [0.2, 0.25) is 0 Å². The quantitative estimate of drug-likeness (QED) is 0.818. The summed E-state index contributed by atoms with van der Waals surface area (Å²) in [6, 6.07) is 4.04. The summed E-state index contributed by atoms with van der Waals surface area (Å²) < 4.78 is 9.19. The van der Waals surface area contributed by atoms with E-state index in [2.05, 4.69) is 19.2 Å². The zero-order chi connectivity index (χ0) is 14.4. The second-order valence-electron chi connectivity index (χ2n) is 4.38. The molecule has 0 unspecified atom stereocenters. The summed E-state index contributed by atoms with van der Waals surface area (Å²) in [6.07, 6.45) is 5.80. The Kier molecular flexibility index (Phi) is 5.20. The molecule has 2 aromatic rings. The van der Waals surface area contributed by atoms with E-state index in [1.165, 1.54) is 11.5 Å². The SMILES string of the molecule is COCCN(C)c1ccc(C=Cc2nc(C)ns2)cn1. The molecule has 0 spiro atoms. The maximum absolute atomic E-state index is 5.05. The summed E-state index contributed by atoms with van der Waals surface area (Å²) in [5.41, 5.74) is 1.04. The van der Waals surface area contributed by atoms with Gasteiger partial charge in [-0.15, -0.1) is 0 Å². The second-order valence-corrected chi connectivity index (χ2v) is 5.16. The Bertz CT molecular complexity index is 565. The van der Waals surface area contributed by atoms with E-state index >= 15 is 0 Å². The van der Waals surface area contributed by atoms with Crippen molar-refractivity contribution in [3.8, 4) is 0 Å². The van der Waals surface area contributed by atoms with Crippen LogP contribution in [0.25, 0.3) is 12.2 Å². The number of ether oxygens (including phenoxy) is 1. The van der Waals surface area contributed by atoms with Crippen LogP contribution in [0, 0.1) is 6.92 Å². The van der Waals surface area contributed by atoms with Gasteiger partial charge in [0.05, 0.1) is 6.61 Å². The van der Waals surface area contributed by atoms with E-state index in [9.17, 15) is 0 Å². The Morgan fingerprint density at radius 1 is 1.35 bits per heavy atom. The lowest BCUT2D eigenvalue weighted by atomic mass is 10.2. The highest BCUT2D eigenvalue weighted by atomic mass is 32.1. The monoisotopic (exact) mass is 290 g/mol. The summed E-state index contributed by atoms with van der Waals surface area (Å²) in [5.74, 6) is 1.74. The van der Waals surface area contributed by atoms with Gasteiger partial charge in [0.2, 0.25) is 0 Å². The van der Waals surface area contributed by atoms with Gasteiger partial charge in [-0.05, 0) is 42.2 Å². The summed E-state index contributed by atoms with van der Waals surface area (Å²) in [7, 11) is 3.70. The maximum atomic E-state index is 5.05.